The summed E-state index contributed by atoms with van der Waals surface area (Å²) in [5.74, 6) is 0.815. The van der Waals surface area contributed by atoms with Crippen LogP contribution in [0.2, 0.25) is 0 Å². The van der Waals surface area contributed by atoms with Crippen LogP contribution in [0.5, 0.6) is 0 Å². The van der Waals surface area contributed by atoms with Gasteiger partial charge in [-0.2, -0.15) is 0 Å². The molecule has 230 valence electrons. The van der Waals surface area contributed by atoms with Crippen LogP contribution >= 0.6 is 0 Å². The number of aliphatic hydroxyl groups is 1. The van der Waals surface area contributed by atoms with E-state index in [2.05, 4.69) is 15.0 Å². The van der Waals surface area contributed by atoms with Gasteiger partial charge in [0.25, 0.3) is 10.0 Å². The number of hydrogen-bond acceptors (Lipinski definition) is 6. The Morgan fingerprint density at radius 1 is 0.977 bits per heavy atom. The summed E-state index contributed by atoms with van der Waals surface area (Å²) in [7, 11) is -3.78. The summed E-state index contributed by atoms with van der Waals surface area (Å²) in [4.78, 5) is 20.8. The van der Waals surface area contributed by atoms with Gasteiger partial charge in [0.2, 0.25) is 0 Å². The van der Waals surface area contributed by atoms with Gasteiger partial charge < -0.3 is 15.3 Å². The molecule has 3 aromatic rings. The lowest BCUT2D eigenvalue weighted by Crippen LogP contribution is -2.32. The van der Waals surface area contributed by atoms with Gasteiger partial charge in [0, 0.05) is 55.5 Å². The minimum atomic E-state index is -3.78. The van der Waals surface area contributed by atoms with Crippen LogP contribution in [0.15, 0.2) is 78.0 Å². The maximum Gasteiger partial charge on any atom is 0.324 e. The van der Waals surface area contributed by atoms with E-state index in [4.69, 9.17) is 0 Å². The highest BCUT2D eigenvalue weighted by molar-refractivity contribution is 7.92. The fraction of sp³-hybridized carbons (Fsp3) is 0.455. The van der Waals surface area contributed by atoms with Crippen LogP contribution in [0.4, 0.5) is 16.2 Å². The van der Waals surface area contributed by atoms with E-state index in [0.717, 1.165) is 36.4 Å². The second-order valence-corrected chi connectivity index (χ2v) is 13.3. The predicted octanol–water partition coefficient (Wildman–Crippen LogP) is 5.35. The summed E-state index contributed by atoms with van der Waals surface area (Å²) < 4.78 is 28.7. The zero-order valence-electron chi connectivity index (χ0n) is 24.7. The van der Waals surface area contributed by atoms with Crippen molar-refractivity contribution in [1.82, 2.24) is 15.2 Å². The van der Waals surface area contributed by atoms with E-state index in [-0.39, 0.29) is 10.9 Å². The van der Waals surface area contributed by atoms with Crippen LogP contribution in [0.3, 0.4) is 0 Å². The van der Waals surface area contributed by atoms with Crippen LogP contribution < -0.4 is 14.9 Å². The molecule has 2 heterocycles. The monoisotopic (exact) mass is 605 g/mol. The number of sulfonamides is 1. The molecule has 1 aromatic heterocycles. The number of aromatic nitrogens is 1. The molecule has 1 aliphatic heterocycles. The molecule has 0 bridgehead atoms. The van der Waals surface area contributed by atoms with Crippen molar-refractivity contribution < 1.29 is 18.3 Å². The van der Waals surface area contributed by atoms with Crippen LogP contribution in [0.25, 0.3) is 0 Å². The number of nitrogens with one attached hydrogen (secondary N) is 2. The second kappa shape index (κ2) is 14.8. The van der Waals surface area contributed by atoms with Crippen molar-refractivity contribution in [3.8, 4) is 0 Å². The number of rotatable bonds is 14. The van der Waals surface area contributed by atoms with E-state index in [1.165, 1.54) is 38.5 Å². The second-order valence-electron chi connectivity index (χ2n) is 11.6. The third kappa shape index (κ3) is 8.55. The zero-order valence-corrected chi connectivity index (χ0v) is 25.5. The average molecular weight is 606 g/mol. The quantitative estimate of drug-likeness (QED) is 0.214. The number of carbonyl (C=O) groups is 1. The molecule has 5 rings (SSSR count). The van der Waals surface area contributed by atoms with Gasteiger partial charge in [-0.15, -0.1) is 0 Å². The number of nitrogens with zero attached hydrogens (tertiary/aromatic N) is 3. The van der Waals surface area contributed by atoms with Crippen molar-refractivity contribution in [2.45, 2.75) is 62.4 Å². The average Bonchev–Trinajstić information content (AvgIpc) is 3.40. The Morgan fingerprint density at radius 3 is 2.47 bits per heavy atom. The molecule has 1 aliphatic carbocycles. The van der Waals surface area contributed by atoms with Gasteiger partial charge in [0.05, 0.1) is 11.0 Å². The Balaban J connectivity index is 1.07. The number of urea groups is 1. The molecule has 3 N–H and O–H groups in total. The molecular weight excluding hydrogens is 562 g/mol. The number of hydrogen-bond donors (Lipinski definition) is 3. The highest BCUT2D eigenvalue weighted by atomic mass is 32.2. The van der Waals surface area contributed by atoms with E-state index < -0.39 is 16.1 Å². The maximum atomic E-state index is 13.0. The first-order valence-electron chi connectivity index (χ1n) is 15.5. The van der Waals surface area contributed by atoms with Crippen LogP contribution in [-0.2, 0) is 16.4 Å². The number of pyridine rings is 1. The molecule has 1 saturated heterocycles. The first kappa shape index (κ1) is 31.0. The van der Waals surface area contributed by atoms with Crippen molar-refractivity contribution in [3.05, 3.63) is 84.2 Å². The Bertz CT molecular complexity index is 1410. The molecular formula is C33H43N5O4S. The molecule has 1 atom stereocenters. The standard InChI is InChI=1S/C33H43N5O4S/c39-32(28-9-4-19-34-24-28)25-35-20-18-27-10-12-29(13-11-27)36-43(41,42)31-16-14-30(15-17-31)38-23-22-37(33(38)40)21-5-8-26-6-2-1-3-7-26/h4,9-17,19,24,26,32,35-36,39H,1-3,5-8,18,20-23,25H2. The minimum absolute atomic E-state index is 0.00246. The molecule has 9 nitrogen and oxygen atoms in total. The highest BCUT2D eigenvalue weighted by Crippen LogP contribution is 2.28. The van der Waals surface area contributed by atoms with Crippen molar-refractivity contribution in [1.29, 1.82) is 0 Å². The van der Waals surface area contributed by atoms with Gasteiger partial charge in [-0.05, 0) is 79.8 Å². The first-order chi connectivity index (χ1) is 20.9. The molecule has 2 amide bonds. The van der Waals surface area contributed by atoms with E-state index >= 15 is 0 Å². The zero-order chi connectivity index (χ0) is 30.1. The molecule has 2 aromatic carbocycles. The van der Waals surface area contributed by atoms with Gasteiger partial charge in [0.1, 0.15) is 0 Å². The fourth-order valence-electron chi connectivity index (χ4n) is 6.00. The minimum Gasteiger partial charge on any atom is -0.387 e. The Morgan fingerprint density at radius 2 is 1.74 bits per heavy atom. The SMILES string of the molecule is O=C1N(CCCC2CCCCC2)CCN1c1ccc(S(=O)(=O)Nc2ccc(CCNCC(O)c3cccnc3)cc2)cc1. The van der Waals surface area contributed by atoms with Gasteiger partial charge >= 0.3 is 6.03 Å². The van der Waals surface area contributed by atoms with E-state index in [0.29, 0.717) is 37.6 Å². The number of aliphatic hydroxyl groups excluding tert-OH is 1. The summed E-state index contributed by atoms with van der Waals surface area (Å²) in [6.45, 7) is 3.19. The van der Waals surface area contributed by atoms with Gasteiger partial charge in [0.15, 0.2) is 0 Å². The first-order valence-corrected chi connectivity index (χ1v) is 16.9. The van der Waals surface area contributed by atoms with Crippen molar-refractivity contribution in [3.63, 3.8) is 0 Å². The Kier molecular flexibility index (Phi) is 10.7. The van der Waals surface area contributed by atoms with Crippen LogP contribution in [0, 0.1) is 5.92 Å². The van der Waals surface area contributed by atoms with E-state index in [1.54, 1.807) is 59.8 Å². The molecule has 0 radical (unpaired) electrons. The van der Waals surface area contributed by atoms with Gasteiger partial charge in [-0.3, -0.25) is 14.6 Å². The Hall–Kier alpha value is -3.47. The van der Waals surface area contributed by atoms with Crippen LogP contribution in [0.1, 0.15) is 62.2 Å². The fourth-order valence-corrected chi connectivity index (χ4v) is 7.06. The van der Waals surface area contributed by atoms with E-state index in [9.17, 15) is 18.3 Å². The third-order valence-electron chi connectivity index (χ3n) is 8.52. The molecule has 43 heavy (non-hydrogen) atoms. The van der Waals surface area contributed by atoms with Crippen molar-refractivity contribution in [2.24, 2.45) is 5.92 Å². The summed E-state index contributed by atoms with van der Waals surface area (Å²) >= 11 is 0. The third-order valence-corrected chi connectivity index (χ3v) is 9.92. The molecule has 2 fully saturated rings. The highest BCUT2D eigenvalue weighted by Gasteiger charge is 2.29. The molecule has 1 unspecified atom stereocenters. The summed E-state index contributed by atoms with van der Waals surface area (Å²) in [6, 6.07) is 17.4. The predicted molar refractivity (Wildman–Crippen MR) is 170 cm³/mol. The summed E-state index contributed by atoms with van der Waals surface area (Å²) in [5, 5.41) is 13.5. The summed E-state index contributed by atoms with van der Waals surface area (Å²) in [5.41, 5.74) is 3.01. The van der Waals surface area contributed by atoms with E-state index in [1.807, 2.05) is 23.1 Å². The number of benzene rings is 2. The number of anilines is 2. The van der Waals surface area contributed by atoms with Gasteiger partial charge in [-0.1, -0.05) is 50.3 Å². The molecule has 1 saturated carbocycles. The van der Waals surface area contributed by atoms with Crippen molar-refractivity contribution in [2.75, 3.05) is 42.3 Å². The van der Waals surface area contributed by atoms with Crippen LogP contribution in [-0.4, -0.2) is 62.2 Å². The smallest absolute Gasteiger partial charge is 0.324 e. The molecule has 10 heteroatoms. The van der Waals surface area contributed by atoms with Crippen molar-refractivity contribution >= 4 is 27.4 Å². The lowest BCUT2D eigenvalue weighted by atomic mass is 9.86. The normalized spacial score (nSPS) is 16.9. The molecule has 0 spiro atoms. The topological polar surface area (TPSA) is 115 Å². The Labute approximate surface area is 255 Å². The lowest BCUT2D eigenvalue weighted by Gasteiger charge is -2.23. The lowest BCUT2D eigenvalue weighted by molar-refractivity contribution is 0.174. The number of carbonyl (C=O) groups excluding carboxylic acids is 1. The molecule has 2 aliphatic rings. The number of amides is 2. The van der Waals surface area contributed by atoms with Gasteiger partial charge in [-0.25, -0.2) is 13.2 Å². The summed E-state index contributed by atoms with van der Waals surface area (Å²) in [6.07, 6.45) is 12.4. The largest absolute Gasteiger partial charge is 0.387 e. The maximum absolute atomic E-state index is 13.0.